The van der Waals surface area contributed by atoms with E-state index < -0.39 is 0 Å². The zero-order valence-electron chi connectivity index (χ0n) is 11.0. The Labute approximate surface area is 130 Å². The number of nitrogens with one attached hydrogen (secondary N) is 2. The van der Waals surface area contributed by atoms with Crippen LogP contribution in [0, 0.1) is 5.82 Å². The minimum Gasteiger partial charge on any atom is -0.352 e. The van der Waals surface area contributed by atoms with E-state index in [1.165, 1.54) is 17.0 Å². The average Bonchev–Trinajstić information content (AvgIpc) is 2.87. The monoisotopic (exact) mass is 355 g/mol. The molecule has 2 rings (SSSR count). The van der Waals surface area contributed by atoms with E-state index in [0.717, 1.165) is 21.9 Å². The molecule has 20 heavy (non-hydrogen) atoms. The molecule has 0 radical (unpaired) electrons. The van der Waals surface area contributed by atoms with Crippen LogP contribution in [0.1, 0.15) is 10.4 Å². The normalized spacial score (nSPS) is 11.4. The maximum Gasteiger partial charge on any atom is 0.191 e. The first kappa shape index (κ1) is 15.0. The zero-order valence-corrected chi connectivity index (χ0v) is 13.4. The van der Waals surface area contributed by atoms with Crippen LogP contribution < -0.4 is 10.6 Å². The van der Waals surface area contributed by atoms with Crippen molar-refractivity contribution >= 4 is 33.2 Å². The maximum atomic E-state index is 12.8. The van der Waals surface area contributed by atoms with E-state index in [1.807, 2.05) is 6.07 Å². The summed E-state index contributed by atoms with van der Waals surface area (Å²) < 4.78 is 13.9. The molecule has 0 saturated carbocycles. The fourth-order valence-corrected chi connectivity index (χ4v) is 3.05. The van der Waals surface area contributed by atoms with Gasteiger partial charge in [-0.15, -0.1) is 11.3 Å². The van der Waals surface area contributed by atoms with Gasteiger partial charge in [-0.1, -0.05) is 12.1 Å². The Morgan fingerprint density at radius 1 is 1.15 bits per heavy atom. The van der Waals surface area contributed by atoms with Crippen molar-refractivity contribution in [2.75, 3.05) is 7.05 Å². The smallest absolute Gasteiger partial charge is 0.191 e. The molecule has 0 aliphatic rings. The van der Waals surface area contributed by atoms with Crippen molar-refractivity contribution in [3.8, 4) is 0 Å². The Balaban J connectivity index is 1.82. The largest absolute Gasteiger partial charge is 0.352 e. The van der Waals surface area contributed by atoms with Gasteiger partial charge in [-0.2, -0.15) is 0 Å². The molecule has 0 unspecified atom stereocenters. The van der Waals surface area contributed by atoms with Crippen LogP contribution in [0.3, 0.4) is 0 Å². The third-order valence-corrected chi connectivity index (χ3v) is 4.28. The number of benzene rings is 1. The van der Waals surface area contributed by atoms with Gasteiger partial charge in [0.1, 0.15) is 5.82 Å². The van der Waals surface area contributed by atoms with Crippen LogP contribution in [0.2, 0.25) is 0 Å². The van der Waals surface area contributed by atoms with Gasteiger partial charge in [0, 0.05) is 18.5 Å². The highest BCUT2D eigenvalue weighted by molar-refractivity contribution is 9.11. The summed E-state index contributed by atoms with van der Waals surface area (Å²) in [5, 5.41) is 6.43. The molecule has 0 aliphatic heterocycles. The summed E-state index contributed by atoms with van der Waals surface area (Å²) in [5.41, 5.74) is 1.01. The quantitative estimate of drug-likeness (QED) is 0.650. The first-order chi connectivity index (χ1) is 9.67. The summed E-state index contributed by atoms with van der Waals surface area (Å²) >= 11 is 5.12. The van der Waals surface area contributed by atoms with Gasteiger partial charge in [-0.3, -0.25) is 4.99 Å². The molecule has 0 amide bonds. The number of thiophene rings is 1. The fraction of sp³-hybridized carbons (Fsp3) is 0.214. The standard InChI is InChI=1S/C14H15BrFN3S/c1-17-14(19-9-12-6-7-13(15)20-12)18-8-10-2-4-11(16)5-3-10/h2-7H,8-9H2,1H3,(H2,17,18,19). The molecule has 1 aromatic heterocycles. The van der Waals surface area contributed by atoms with Crippen molar-refractivity contribution < 1.29 is 4.39 Å². The molecule has 0 atom stereocenters. The first-order valence-electron chi connectivity index (χ1n) is 6.10. The highest BCUT2D eigenvalue weighted by Gasteiger charge is 2.01. The molecule has 1 heterocycles. The Kier molecular flexibility index (Phi) is 5.55. The van der Waals surface area contributed by atoms with Crippen LogP contribution in [0.25, 0.3) is 0 Å². The zero-order chi connectivity index (χ0) is 14.4. The molecule has 1 aromatic carbocycles. The van der Waals surface area contributed by atoms with Crippen LogP contribution >= 0.6 is 27.3 Å². The lowest BCUT2D eigenvalue weighted by Crippen LogP contribution is -2.36. The Hall–Kier alpha value is -1.40. The van der Waals surface area contributed by atoms with Crippen molar-refractivity contribution in [1.82, 2.24) is 10.6 Å². The summed E-state index contributed by atoms with van der Waals surface area (Å²) in [5.74, 6) is 0.498. The summed E-state index contributed by atoms with van der Waals surface area (Å²) in [6, 6.07) is 10.5. The van der Waals surface area contributed by atoms with Gasteiger partial charge in [0.05, 0.1) is 10.3 Å². The number of aliphatic imine (C=N–C) groups is 1. The molecular formula is C14H15BrFN3S. The van der Waals surface area contributed by atoms with Crippen molar-refractivity contribution in [3.05, 3.63) is 56.4 Å². The number of hydrogen-bond acceptors (Lipinski definition) is 2. The second kappa shape index (κ2) is 7.40. The molecule has 6 heteroatoms. The summed E-state index contributed by atoms with van der Waals surface area (Å²) in [6.45, 7) is 1.33. The molecule has 2 N–H and O–H groups in total. The Morgan fingerprint density at radius 3 is 2.45 bits per heavy atom. The third-order valence-electron chi connectivity index (χ3n) is 2.66. The fourth-order valence-electron chi connectivity index (χ4n) is 1.63. The van der Waals surface area contributed by atoms with E-state index >= 15 is 0 Å². The van der Waals surface area contributed by atoms with Crippen molar-refractivity contribution in [3.63, 3.8) is 0 Å². The molecule has 0 spiro atoms. The molecule has 0 aliphatic carbocycles. The van der Waals surface area contributed by atoms with E-state index in [-0.39, 0.29) is 5.82 Å². The molecule has 0 bridgehead atoms. The second-order valence-corrected chi connectivity index (χ2v) is 6.66. The van der Waals surface area contributed by atoms with Crippen molar-refractivity contribution in [2.45, 2.75) is 13.1 Å². The van der Waals surface area contributed by atoms with Crippen LogP contribution in [-0.2, 0) is 13.1 Å². The SMILES string of the molecule is CN=C(NCc1ccc(F)cc1)NCc1ccc(Br)s1. The topological polar surface area (TPSA) is 36.4 Å². The van der Waals surface area contributed by atoms with Crippen LogP contribution in [0.4, 0.5) is 4.39 Å². The average molecular weight is 356 g/mol. The number of nitrogens with zero attached hydrogens (tertiary/aromatic N) is 1. The number of rotatable bonds is 4. The van der Waals surface area contributed by atoms with Crippen LogP contribution in [-0.4, -0.2) is 13.0 Å². The predicted octanol–water partition coefficient (Wildman–Crippen LogP) is 3.51. The van der Waals surface area contributed by atoms with E-state index in [0.29, 0.717) is 6.54 Å². The lowest BCUT2D eigenvalue weighted by atomic mass is 10.2. The molecule has 0 saturated heterocycles. The van der Waals surface area contributed by atoms with Crippen LogP contribution in [0.5, 0.6) is 0 Å². The minimum absolute atomic E-state index is 0.223. The maximum absolute atomic E-state index is 12.8. The first-order valence-corrected chi connectivity index (χ1v) is 7.71. The van der Waals surface area contributed by atoms with E-state index in [9.17, 15) is 4.39 Å². The van der Waals surface area contributed by atoms with Crippen molar-refractivity contribution in [1.29, 1.82) is 0 Å². The van der Waals surface area contributed by atoms with Crippen molar-refractivity contribution in [2.24, 2.45) is 4.99 Å². The van der Waals surface area contributed by atoms with E-state index in [4.69, 9.17) is 0 Å². The summed E-state index contributed by atoms with van der Waals surface area (Å²) in [7, 11) is 1.73. The molecule has 3 nitrogen and oxygen atoms in total. The van der Waals surface area contributed by atoms with Gasteiger partial charge < -0.3 is 10.6 Å². The lowest BCUT2D eigenvalue weighted by molar-refractivity contribution is 0.626. The molecular weight excluding hydrogens is 341 g/mol. The highest BCUT2D eigenvalue weighted by atomic mass is 79.9. The molecule has 106 valence electrons. The molecule has 0 fully saturated rings. The predicted molar refractivity (Wildman–Crippen MR) is 85.5 cm³/mol. The number of hydrogen-bond donors (Lipinski definition) is 2. The summed E-state index contributed by atoms with van der Waals surface area (Å²) in [6.07, 6.45) is 0. The van der Waals surface area contributed by atoms with E-state index in [1.54, 1.807) is 30.5 Å². The molecule has 2 aromatic rings. The lowest BCUT2D eigenvalue weighted by Gasteiger charge is -2.11. The van der Waals surface area contributed by atoms with Gasteiger partial charge in [-0.05, 0) is 45.8 Å². The van der Waals surface area contributed by atoms with Gasteiger partial charge in [0.25, 0.3) is 0 Å². The van der Waals surface area contributed by atoms with Gasteiger partial charge >= 0.3 is 0 Å². The third kappa shape index (κ3) is 4.61. The summed E-state index contributed by atoms with van der Waals surface area (Å²) in [4.78, 5) is 5.38. The van der Waals surface area contributed by atoms with Crippen LogP contribution in [0.15, 0.2) is 45.2 Å². The van der Waals surface area contributed by atoms with Gasteiger partial charge in [-0.25, -0.2) is 4.39 Å². The second-order valence-electron chi connectivity index (χ2n) is 4.11. The number of halogens is 2. The Bertz CT molecular complexity index is 580. The van der Waals surface area contributed by atoms with Gasteiger partial charge in [0.2, 0.25) is 0 Å². The Morgan fingerprint density at radius 2 is 1.85 bits per heavy atom. The van der Waals surface area contributed by atoms with E-state index in [2.05, 4.69) is 37.6 Å². The van der Waals surface area contributed by atoms with Gasteiger partial charge in [0.15, 0.2) is 5.96 Å². The highest BCUT2D eigenvalue weighted by Crippen LogP contribution is 2.21. The number of guanidine groups is 1. The minimum atomic E-state index is -0.223.